The van der Waals surface area contributed by atoms with Crippen molar-refractivity contribution in [2.45, 2.75) is 30.8 Å². The number of nitrogens with zero attached hydrogens (tertiary/aromatic N) is 1. The van der Waals surface area contributed by atoms with Crippen LogP contribution in [0.4, 0.5) is 5.69 Å². The van der Waals surface area contributed by atoms with Crippen molar-refractivity contribution in [3.05, 3.63) is 125 Å². The largest absolute Gasteiger partial charge is 0.494 e. The minimum absolute atomic E-state index is 0.0727. The molecule has 0 bridgehead atoms. The number of anilines is 1. The zero-order chi connectivity index (χ0) is 30.7. The molecule has 0 saturated carbocycles. The highest BCUT2D eigenvalue weighted by Gasteiger charge is 2.70. The lowest BCUT2D eigenvalue weighted by Crippen LogP contribution is -2.49. The average molecular weight is 599 g/mol. The molecule has 1 fully saturated rings. The average Bonchev–Trinajstić information content (AvgIpc) is 3.76. The molecule has 4 atom stereocenters. The van der Waals surface area contributed by atoms with Crippen molar-refractivity contribution in [3.63, 3.8) is 0 Å². The molecule has 1 saturated heterocycles. The van der Waals surface area contributed by atoms with Gasteiger partial charge in [-0.05, 0) is 77.7 Å². The number of amides is 1. The number of Topliss-reactive ketones (excluding diaryl/α,β-unsaturated/α-hetero) is 2. The number of hydrogen-bond acceptors (Lipinski definition) is 7. The SMILES string of the molecule is CCCOc1ccc(C(=O)[C@H]2[C@H](C(=O)c3ccc4c(c3)OCO4)N3C=Cc4ccccc4[C@@H]3[C@]23C(=O)Nc2ccccc23)cc1. The molecule has 4 heterocycles. The Hall–Kier alpha value is -5.37. The highest BCUT2D eigenvalue weighted by Crippen LogP contribution is 2.62. The third kappa shape index (κ3) is 3.94. The van der Waals surface area contributed by atoms with Crippen LogP contribution in [0.3, 0.4) is 0 Å². The minimum atomic E-state index is -1.40. The van der Waals surface area contributed by atoms with Gasteiger partial charge in [0, 0.05) is 23.0 Å². The fourth-order valence-corrected chi connectivity index (χ4v) is 7.50. The van der Waals surface area contributed by atoms with Crippen LogP contribution in [-0.4, -0.2) is 41.8 Å². The van der Waals surface area contributed by atoms with Crippen molar-refractivity contribution in [1.29, 1.82) is 0 Å². The summed E-state index contributed by atoms with van der Waals surface area (Å²) in [7, 11) is 0. The molecule has 4 aromatic rings. The molecule has 0 aliphatic carbocycles. The third-order valence-corrected chi connectivity index (χ3v) is 9.39. The Morgan fingerprint density at radius 1 is 0.911 bits per heavy atom. The van der Waals surface area contributed by atoms with Gasteiger partial charge in [0.25, 0.3) is 0 Å². The summed E-state index contributed by atoms with van der Waals surface area (Å²) in [5.74, 6) is -0.254. The molecule has 4 aromatic carbocycles. The Kier molecular flexibility index (Phi) is 6.27. The predicted molar refractivity (Wildman–Crippen MR) is 168 cm³/mol. The van der Waals surface area contributed by atoms with Crippen LogP contribution in [0.15, 0.2) is 97.2 Å². The molecule has 224 valence electrons. The number of benzene rings is 4. The van der Waals surface area contributed by atoms with E-state index in [0.717, 1.165) is 17.5 Å². The van der Waals surface area contributed by atoms with Crippen LogP contribution >= 0.6 is 0 Å². The second-order valence-corrected chi connectivity index (χ2v) is 11.8. The second kappa shape index (κ2) is 10.4. The van der Waals surface area contributed by atoms with Crippen molar-refractivity contribution in [2.24, 2.45) is 5.92 Å². The number of hydrogen-bond donors (Lipinski definition) is 1. The summed E-state index contributed by atoms with van der Waals surface area (Å²) >= 11 is 0. The molecule has 1 amide bonds. The number of carbonyl (C=O) groups is 3. The molecule has 1 spiro atoms. The zero-order valence-corrected chi connectivity index (χ0v) is 24.6. The van der Waals surface area contributed by atoms with Gasteiger partial charge in [-0.15, -0.1) is 0 Å². The summed E-state index contributed by atoms with van der Waals surface area (Å²) in [4.78, 5) is 46.4. The summed E-state index contributed by atoms with van der Waals surface area (Å²) in [5.41, 5.74) is 2.55. The van der Waals surface area contributed by atoms with Gasteiger partial charge >= 0.3 is 0 Å². The standard InChI is InChI=1S/C37H30N2O6/c1-2-19-43-25-14-11-23(12-15-25)33(40)31-32(34(41)24-13-16-29-30(20-24)45-21-44-29)39-18-17-22-7-3-4-8-26(22)35(39)37(31)27-9-5-6-10-28(27)38-36(37)42/h3-18,20,31-32,35H,2,19,21H2,1H3,(H,38,42)/t31-,32-,35-,37-/m1/s1. The summed E-state index contributed by atoms with van der Waals surface area (Å²) < 4.78 is 16.9. The van der Waals surface area contributed by atoms with E-state index in [1.807, 2.05) is 72.6 Å². The number of nitrogens with one attached hydrogen (secondary N) is 1. The van der Waals surface area contributed by atoms with Crippen molar-refractivity contribution < 1.29 is 28.6 Å². The molecule has 4 aliphatic heterocycles. The van der Waals surface area contributed by atoms with E-state index in [0.29, 0.717) is 46.2 Å². The van der Waals surface area contributed by atoms with Gasteiger partial charge in [-0.3, -0.25) is 14.4 Å². The summed E-state index contributed by atoms with van der Waals surface area (Å²) in [6.07, 6.45) is 4.67. The zero-order valence-electron chi connectivity index (χ0n) is 24.6. The molecular weight excluding hydrogens is 568 g/mol. The first-order valence-corrected chi connectivity index (χ1v) is 15.2. The van der Waals surface area contributed by atoms with E-state index in [2.05, 4.69) is 5.32 Å². The predicted octanol–water partition coefficient (Wildman–Crippen LogP) is 6.19. The number of carbonyl (C=O) groups excluding carboxylic acids is 3. The van der Waals surface area contributed by atoms with Gasteiger partial charge in [0.2, 0.25) is 12.7 Å². The number of ketones is 2. The maximum atomic E-state index is 15.0. The van der Waals surface area contributed by atoms with E-state index >= 15 is 4.79 Å². The molecule has 4 aliphatic rings. The Balaban J connectivity index is 1.35. The number of ether oxygens (including phenoxy) is 3. The van der Waals surface area contributed by atoms with Gasteiger partial charge in [0.15, 0.2) is 23.1 Å². The van der Waals surface area contributed by atoms with Gasteiger partial charge in [0.05, 0.1) is 18.6 Å². The fraction of sp³-hybridized carbons (Fsp3) is 0.216. The second-order valence-electron chi connectivity index (χ2n) is 11.8. The van der Waals surface area contributed by atoms with Gasteiger partial charge in [-0.1, -0.05) is 49.4 Å². The number of rotatable bonds is 7. The van der Waals surface area contributed by atoms with E-state index in [4.69, 9.17) is 14.2 Å². The molecule has 0 unspecified atom stereocenters. The van der Waals surface area contributed by atoms with Crippen LogP contribution in [-0.2, 0) is 10.2 Å². The van der Waals surface area contributed by atoms with Crippen LogP contribution in [0.25, 0.3) is 6.08 Å². The first kappa shape index (κ1) is 27.2. The fourth-order valence-electron chi connectivity index (χ4n) is 7.50. The highest BCUT2D eigenvalue weighted by molar-refractivity contribution is 6.16. The lowest BCUT2D eigenvalue weighted by Gasteiger charge is -2.38. The maximum Gasteiger partial charge on any atom is 0.238 e. The van der Waals surface area contributed by atoms with E-state index in [1.54, 1.807) is 42.5 Å². The Morgan fingerprint density at radius 2 is 1.67 bits per heavy atom. The van der Waals surface area contributed by atoms with Gasteiger partial charge in [-0.25, -0.2) is 0 Å². The van der Waals surface area contributed by atoms with E-state index in [-0.39, 0.29) is 24.3 Å². The smallest absolute Gasteiger partial charge is 0.238 e. The first-order chi connectivity index (χ1) is 22.0. The van der Waals surface area contributed by atoms with Crippen LogP contribution < -0.4 is 19.5 Å². The van der Waals surface area contributed by atoms with E-state index < -0.39 is 23.4 Å². The van der Waals surface area contributed by atoms with Crippen LogP contribution in [0, 0.1) is 5.92 Å². The Labute approximate surface area is 260 Å². The normalized spacial score (nSPS) is 23.4. The molecule has 8 nitrogen and oxygen atoms in total. The van der Waals surface area contributed by atoms with Crippen LogP contribution in [0.5, 0.6) is 17.2 Å². The molecule has 1 N–H and O–H groups in total. The van der Waals surface area contributed by atoms with Crippen molar-refractivity contribution in [1.82, 2.24) is 4.90 Å². The molecule has 45 heavy (non-hydrogen) atoms. The van der Waals surface area contributed by atoms with E-state index in [9.17, 15) is 9.59 Å². The van der Waals surface area contributed by atoms with Gasteiger partial charge in [0.1, 0.15) is 17.2 Å². The Morgan fingerprint density at radius 3 is 2.51 bits per heavy atom. The summed E-state index contributed by atoms with van der Waals surface area (Å²) in [6.45, 7) is 2.66. The van der Waals surface area contributed by atoms with E-state index in [1.165, 1.54) is 0 Å². The van der Waals surface area contributed by atoms with Gasteiger partial charge < -0.3 is 24.4 Å². The number of fused-ring (bicyclic) bond motifs is 7. The summed E-state index contributed by atoms with van der Waals surface area (Å²) in [5, 5.41) is 3.09. The van der Waals surface area contributed by atoms with Crippen molar-refractivity contribution in [2.75, 3.05) is 18.7 Å². The summed E-state index contributed by atoms with van der Waals surface area (Å²) in [6, 6.07) is 25.8. The van der Waals surface area contributed by atoms with Crippen molar-refractivity contribution in [3.8, 4) is 17.2 Å². The molecule has 8 heteroatoms. The lowest BCUT2D eigenvalue weighted by atomic mass is 9.62. The monoisotopic (exact) mass is 598 g/mol. The molecule has 8 rings (SSSR count). The van der Waals surface area contributed by atoms with Crippen molar-refractivity contribution >= 4 is 29.2 Å². The Bertz CT molecular complexity index is 1900. The van der Waals surface area contributed by atoms with Crippen LogP contribution in [0.1, 0.15) is 56.8 Å². The van der Waals surface area contributed by atoms with Crippen LogP contribution in [0.2, 0.25) is 0 Å². The third-order valence-electron chi connectivity index (χ3n) is 9.39. The lowest BCUT2D eigenvalue weighted by molar-refractivity contribution is -0.122. The first-order valence-electron chi connectivity index (χ1n) is 15.2. The maximum absolute atomic E-state index is 15.0. The quantitative estimate of drug-likeness (QED) is 0.254. The highest BCUT2D eigenvalue weighted by atomic mass is 16.7. The molecule has 0 radical (unpaired) electrons. The topological polar surface area (TPSA) is 94.2 Å². The minimum Gasteiger partial charge on any atom is -0.494 e. The number of para-hydroxylation sites is 1. The van der Waals surface area contributed by atoms with Gasteiger partial charge in [-0.2, -0.15) is 0 Å². The molecule has 0 aromatic heterocycles. The molecular formula is C37H30N2O6.